The Morgan fingerprint density at radius 2 is 1.28 bits per heavy atom. The summed E-state index contributed by atoms with van der Waals surface area (Å²) >= 11 is 0. The zero-order valence-electron chi connectivity index (χ0n) is 20.4. The lowest BCUT2D eigenvalue weighted by atomic mass is 10.0. The highest BCUT2D eigenvalue weighted by Gasteiger charge is 2.01. The van der Waals surface area contributed by atoms with E-state index in [-0.39, 0.29) is 0 Å². The number of aliphatic carboxylic acids is 2. The third-order valence-electron chi connectivity index (χ3n) is 4.37. The summed E-state index contributed by atoms with van der Waals surface area (Å²) in [5.74, 6) is -2.14. The quantitative estimate of drug-likeness (QED) is 0.251. The van der Waals surface area contributed by atoms with Gasteiger partial charge in [0.1, 0.15) is 5.78 Å². The zero-order valence-corrected chi connectivity index (χ0v) is 20.4. The van der Waals surface area contributed by atoms with Gasteiger partial charge in [-0.3, -0.25) is 9.69 Å². The first-order valence-electron chi connectivity index (χ1n) is 10.9. The van der Waals surface area contributed by atoms with Gasteiger partial charge in [-0.2, -0.15) is 0 Å². The molecule has 2 N–H and O–H groups in total. The SMILES string of the molecule is C=CCN(C)CC=C(C)CCC=C(C)CCC(=O)CCC=C(C)C.O=C(O)C=CC(=O)O. The number of rotatable bonds is 15. The summed E-state index contributed by atoms with van der Waals surface area (Å²) in [6, 6.07) is 0. The number of ketones is 1. The molecule has 0 aliphatic heterocycles. The lowest BCUT2D eigenvalue weighted by molar-refractivity contribution is -0.134. The molecule has 0 aromatic rings. The molecule has 0 aromatic heterocycles. The number of allylic oxidation sites excluding steroid dienone is 5. The summed E-state index contributed by atoms with van der Waals surface area (Å²) < 4.78 is 0. The van der Waals surface area contributed by atoms with E-state index in [1.54, 1.807) is 0 Å². The molecule has 0 saturated carbocycles. The fraction of sp³-hybridized carbons (Fsp3) is 0.500. The maximum atomic E-state index is 11.8. The second-order valence-electron chi connectivity index (χ2n) is 8.02. The van der Waals surface area contributed by atoms with Crippen molar-refractivity contribution in [3.05, 3.63) is 59.8 Å². The van der Waals surface area contributed by atoms with Crippen LogP contribution in [0.15, 0.2) is 59.8 Å². The van der Waals surface area contributed by atoms with Gasteiger partial charge in [0.15, 0.2) is 0 Å². The van der Waals surface area contributed by atoms with Gasteiger partial charge in [0.05, 0.1) is 0 Å². The molecule has 6 heteroatoms. The second kappa shape index (κ2) is 20.2. The first kappa shape index (κ1) is 31.5. The van der Waals surface area contributed by atoms with E-state index < -0.39 is 11.9 Å². The molecule has 0 unspecified atom stereocenters. The van der Waals surface area contributed by atoms with E-state index in [1.807, 2.05) is 6.08 Å². The number of carboxylic acids is 2. The molecule has 0 bridgehead atoms. The van der Waals surface area contributed by atoms with Crippen molar-refractivity contribution in [3.8, 4) is 0 Å². The summed E-state index contributed by atoms with van der Waals surface area (Å²) in [6.07, 6.45) is 15.1. The van der Waals surface area contributed by atoms with Crippen LogP contribution < -0.4 is 0 Å². The fourth-order valence-corrected chi connectivity index (χ4v) is 2.48. The maximum absolute atomic E-state index is 11.8. The van der Waals surface area contributed by atoms with Crippen LogP contribution in [0.4, 0.5) is 0 Å². The Morgan fingerprint density at radius 3 is 1.78 bits per heavy atom. The van der Waals surface area contributed by atoms with Gasteiger partial charge in [0.25, 0.3) is 0 Å². The number of carboxylic acid groups (broad SMARTS) is 2. The molecule has 0 aliphatic rings. The van der Waals surface area contributed by atoms with Crippen LogP contribution in [0.5, 0.6) is 0 Å². The largest absolute Gasteiger partial charge is 0.478 e. The average molecular weight is 448 g/mol. The summed E-state index contributed by atoms with van der Waals surface area (Å²) in [7, 11) is 2.10. The highest BCUT2D eigenvalue weighted by molar-refractivity contribution is 5.89. The Labute approximate surface area is 193 Å². The summed E-state index contributed by atoms with van der Waals surface area (Å²) in [6.45, 7) is 14.1. The van der Waals surface area contributed by atoms with Crippen LogP contribution in [0.3, 0.4) is 0 Å². The molecule has 0 aliphatic carbocycles. The number of hydrogen-bond donors (Lipinski definition) is 2. The van der Waals surface area contributed by atoms with Crippen molar-refractivity contribution in [2.24, 2.45) is 0 Å². The Hall–Kier alpha value is -2.73. The molecule has 32 heavy (non-hydrogen) atoms. The molecular weight excluding hydrogens is 406 g/mol. The van der Waals surface area contributed by atoms with Crippen LogP contribution >= 0.6 is 0 Å². The Morgan fingerprint density at radius 1 is 0.750 bits per heavy atom. The van der Waals surface area contributed by atoms with Gasteiger partial charge in [0.2, 0.25) is 0 Å². The monoisotopic (exact) mass is 447 g/mol. The second-order valence-corrected chi connectivity index (χ2v) is 8.02. The number of hydrogen-bond acceptors (Lipinski definition) is 4. The van der Waals surface area contributed by atoms with Crippen molar-refractivity contribution in [2.75, 3.05) is 20.1 Å². The van der Waals surface area contributed by atoms with Crippen molar-refractivity contribution in [1.82, 2.24) is 4.90 Å². The molecule has 0 saturated heterocycles. The van der Waals surface area contributed by atoms with Gasteiger partial charge in [0, 0.05) is 38.1 Å². The highest BCUT2D eigenvalue weighted by atomic mass is 16.4. The van der Waals surface area contributed by atoms with E-state index in [0.29, 0.717) is 30.8 Å². The lowest BCUT2D eigenvalue weighted by Gasteiger charge is -2.11. The number of likely N-dealkylation sites (N-methyl/N-ethyl adjacent to an activating group) is 1. The number of nitrogens with zero attached hydrogens (tertiary/aromatic N) is 1. The topological polar surface area (TPSA) is 94.9 Å². The third-order valence-corrected chi connectivity index (χ3v) is 4.37. The summed E-state index contributed by atoms with van der Waals surface area (Å²) in [5, 5.41) is 15.6. The van der Waals surface area contributed by atoms with Gasteiger partial charge in [-0.05, 0) is 60.4 Å². The maximum Gasteiger partial charge on any atom is 0.328 e. The molecule has 0 spiro atoms. The molecular formula is C26H41NO5. The van der Waals surface area contributed by atoms with Crippen molar-refractivity contribution >= 4 is 17.7 Å². The minimum absolute atomic E-state index is 0.376. The van der Waals surface area contributed by atoms with Gasteiger partial charge in [-0.1, -0.05) is 41.0 Å². The van der Waals surface area contributed by atoms with E-state index in [2.05, 4.69) is 64.4 Å². The summed E-state index contributed by atoms with van der Waals surface area (Å²) in [4.78, 5) is 33.2. The number of carbonyl (C=O) groups is 3. The van der Waals surface area contributed by atoms with Crippen molar-refractivity contribution in [3.63, 3.8) is 0 Å². The minimum atomic E-state index is -1.26. The van der Waals surface area contributed by atoms with E-state index in [1.165, 1.54) is 16.7 Å². The first-order valence-corrected chi connectivity index (χ1v) is 10.9. The van der Waals surface area contributed by atoms with Crippen LogP contribution in [0.25, 0.3) is 0 Å². The third kappa shape index (κ3) is 25.3. The van der Waals surface area contributed by atoms with Crippen molar-refractivity contribution < 1.29 is 24.6 Å². The average Bonchev–Trinajstić information content (AvgIpc) is 2.69. The number of Topliss-reactive ketones (excluding diaryl/α,β-unsaturated/α-hetero) is 1. The zero-order chi connectivity index (χ0) is 24.9. The van der Waals surface area contributed by atoms with E-state index in [0.717, 1.165) is 38.8 Å². The fourth-order valence-electron chi connectivity index (χ4n) is 2.48. The smallest absolute Gasteiger partial charge is 0.328 e. The molecule has 0 rings (SSSR count). The van der Waals surface area contributed by atoms with Crippen LogP contribution in [-0.4, -0.2) is 53.0 Å². The molecule has 6 nitrogen and oxygen atoms in total. The first-order chi connectivity index (χ1) is 15.0. The van der Waals surface area contributed by atoms with Crippen LogP contribution in [0.1, 0.15) is 66.2 Å². The standard InChI is InChI=1S/C22H37NO.C4H4O4/c1-7-17-23(6)18-16-21(5)12-9-11-20(4)14-15-22(24)13-8-10-19(2)3;5-3(6)1-2-4(7)8/h7,10-11,16H,1,8-9,12-15,17-18H2,2-6H3;1-2H,(H,5,6)(H,7,8). The normalized spacial score (nSPS) is 11.7. The highest BCUT2D eigenvalue weighted by Crippen LogP contribution is 2.12. The Kier molecular flexibility index (Phi) is 19.8. The van der Waals surface area contributed by atoms with Gasteiger partial charge in [-0.15, -0.1) is 6.58 Å². The van der Waals surface area contributed by atoms with Crippen LogP contribution in [0.2, 0.25) is 0 Å². The Bertz CT molecular complexity index is 694. The number of carbonyl (C=O) groups excluding carboxylic acids is 1. The van der Waals surface area contributed by atoms with Crippen LogP contribution in [0, 0.1) is 0 Å². The molecule has 0 radical (unpaired) electrons. The van der Waals surface area contributed by atoms with Gasteiger partial charge < -0.3 is 10.2 Å². The molecule has 180 valence electrons. The van der Waals surface area contributed by atoms with Crippen LogP contribution in [-0.2, 0) is 14.4 Å². The van der Waals surface area contributed by atoms with E-state index in [9.17, 15) is 14.4 Å². The summed E-state index contributed by atoms with van der Waals surface area (Å²) in [5.41, 5.74) is 4.05. The molecule has 0 aromatic carbocycles. The lowest BCUT2D eigenvalue weighted by Crippen LogP contribution is -2.18. The minimum Gasteiger partial charge on any atom is -0.478 e. The van der Waals surface area contributed by atoms with Gasteiger partial charge >= 0.3 is 11.9 Å². The predicted molar refractivity (Wildman–Crippen MR) is 132 cm³/mol. The Balaban J connectivity index is 0. The molecule has 0 atom stereocenters. The van der Waals surface area contributed by atoms with E-state index in [4.69, 9.17) is 10.2 Å². The van der Waals surface area contributed by atoms with E-state index >= 15 is 0 Å². The van der Waals surface area contributed by atoms with Gasteiger partial charge in [-0.25, -0.2) is 9.59 Å². The molecule has 0 fully saturated rings. The van der Waals surface area contributed by atoms with Crippen molar-refractivity contribution in [1.29, 1.82) is 0 Å². The predicted octanol–water partition coefficient (Wildman–Crippen LogP) is 5.58. The molecule has 0 heterocycles. The molecule has 0 amide bonds. The van der Waals surface area contributed by atoms with Crippen molar-refractivity contribution in [2.45, 2.75) is 66.2 Å².